The normalized spacial score (nSPS) is 11.5. The van der Waals surface area contributed by atoms with Crippen molar-refractivity contribution in [1.82, 2.24) is 9.38 Å². The molecule has 22 heavy (non-hydrogen) atoms. The van der Waals surface area contributed by atoms with Crippen molar-refractivity contribution in [3.63, 3.8) is 0 Å². The van der Waals surface area contributed by atoms with Gasteiger partial charge in [-0.15, -0.1) is 0 Å². The lowest BCUT2D eigenvalue weighted by molar-refractivity contribution is -0.384. The molecule has 4 aromatic rings. The predicted molar refractivity (Wildman–Crippen MR) is 84.7 cm³/mol. The van der Waals surface area contributed by atoms with Gasteiger partial charge in [-0.05, 0) is 24.3 Å². The number of non-ortho nitro benzene ring substituents is 1. The Morgan fingerprint density at radius 2 is 2.00 bits per heavy atom. The van der Waals surface area contributed by atoms with Crippen molar-refractivity contribution in [2.45, 2.75) is 0 Å². The number of aromatic nitrogens is 2. The van der Waals surface area contributed by atoms with E-state index in [1.807, 2.05) is 0 Å². The Morgan fingerprint density at radius 1 is 1.18 bits per heavy atom. The van der Waals surface area contributed by atoms with Crippen LogP contribution in [0, 0.1) is 10.1 Å². The quantitative estimate of drug-likeness (QED) is 0.431. The third-order valence-corrected chi connectivity index (χ3v) is 4.00. The topological polar surface area (TPSA) is 80.4 Å². The number of aromatic amines is 1. The molecule has 1 N–H and O–H groups in total. The predicted octanol–water partition coefficient (Wildman–Crippen LogP) is 3.50. The van der Waals surface area contributed by atoms with Gasteiger partial charge >= 0.3 is 0 Å². The van der Waals surface area contributed by atoms with Crippen LogP contribution in [0.4, 0.5) is 5.69 Å². The first kappa shape index (κ1) is 12.8. The monoisotopic (exact) mass is 313 g/mol. The number of hydrogen-bond donors (Lipinski definition) is 1. The fraction of sp³-hybridized carbons (Fsp3) is 0. The largest absolute Gasteiger partial charge is 0.341 e. The van der Waals surface area contributed by atoms with Gasteiger partial charge in [-0.3, -0.25) is 19.3 Å². The van der Waals surface area contributed by atoms with Crippen molar-refractivity contribution in [3.8, 4) is 0 Å². The molecule has 0 amide bonds. The number of H-pyrrole nitrogens is 1. The van der Waals surface area contributed by atoms with Crippen LogP contribution in [0.3, 0.4) is 0 Å². The van der Waals surface area contributed by atoms with Crippen molar-refractivity contribution in [3.05, 3.63) is 68.0 Å². The zero-order valence-electron chi connectivity index (χ0n) is 11.0. The van der Waals surface area contributed by atoms with Crippen LogP contribution in [0.15, 0.2) is 47.3 Å². The number of fused-ring (bicyclic) bond motifs is 4. The lowest BCUT2D eigenvalue weighted by Gasteiger charge is -2.03. The molecule has 6 nitrogen and oxygen atoms in total. The molecule has 2 aromatic carbocycles. The molecular formula is C15H8ClN3O3. The molecule has 0 unspecified atom stereocenters. The highest BCUT2D eigenvalue weighted by Crippen LogP contribution is 2.25. The van der Waals surface area contributed by atoms with Crippen molar-refractivity contribution in [1.29, 1.82) is 0 Å². The second-order valence-electron chi connectivity index (χ2n) is 4.96. The van der Waals surface area contributed by atoms with E-state index in [9.17, 15) is 14.9 Å². The Bertz CT molecular complexity index is 1140. The molecule has 4 rings (SSSR count). The molecule has 2 aromatic heterocycles. The van der Waals surface area contributed by atoms with Crippen LogP contribution in [0.5, 0.6) is 0 Å². The molecule has 108 valence electrons. The molecule has 2 heterocycles. The summed E-state index contributed by atoms with van der Waals surface area (Å²) in [6.07, 6.45) is 0. The summed E-state index contributed by atoms with van der Waals surface area (Å²) in [5.41, 5.74) is 1.53. The van der Waals surface area contributed by atoms with E-state index >= 15 is 0 Å². The van der Waals surface area contributed by atoms with Crippen molar-refractivity contribution in [2.24, 2.45) is 0 Å². The highest BCUT2D eigenvalue weighted by atomic mass is 35.5. The van der Waals surface area contributed by atoms with Gasteiger partial charge in [-0.2, -0.15) is 0 Å². The average Bonchev–Trinajstić information content (AvgIpc) is 2.84. The number of hydrogen-bond acceptors (Lipinski definition) is 3. The lowest BCUT2D eigenvalue weighted by atomic mass is 10.2. The number of benzene rings is 2. The number of nitro benzene ring substituents is 1. The van der Waals surface area contributed by atoms with E-state index in [0.717, 1.165) is 0 Å². The first-order chi connectivity index (χ1) is 10.6. The Hall–Kier alpha value is -2.86. The van der Waals surface area contributed by atoms with Crippen molar-refractivity contribution in [2.75, 3.05) is 0 Å². The standard InChI is InChI=1S/C15H8ClN3O3/c16-10-2-1-3-11-14(10)15(20)18-12-5-4-9(19(21)22)6-8(12)7-13(18)17-11/h1-7,17H. The summed E-state index contributed by atoms with van der Waals surface area (Å²) in [5, 5.41) is 12.3. The van der Waals surface area contributed by atoms with E-state index in [0.29, 0.717) is 32.5 Å². The van der Waals surface area contributed by atoms with E-state index in [2.05, 4.69) is 4.98 Å². The van der Waals surface area contributed by atoms with E-state index in [4.69, 9.17) is 11.6 Å². The number of nitrogens with one attached hydrogen (secondary N) is 1. The summed E-state index contributed by atoms with van der Waals surface area (Å²) in [5.74, 6) is 0. The van der Waals surface area contributed by atoms with Gasteiger partial charge in [-0.1, -0.05) is 17.7 Å². The van der Waals surface area contributed by atoms with Gasteiger partial charge in [0.15, 0.2) is 0 Å². The summed E-state index contributed by atoms with van der Waals surface area (Å²) in [4.78, 5) is 26.3. The second kappa shape index (κ2) is 4.32. The summed E-state index contributed by atoms with van der Waals surface area (Å²) in [7, 11) is 0. The van der Waals surface area contributed by atoms with Crippen LogP contribution < -0.4 is 5.56 Å². The Morgan fingerprint density at radius 3 is 2.77 bits per heavy atom. The Kier molecular flexibility index (Phi) is 2.52. The minimum atomic E-state index is -0.461. The summed E-state index contributed by atoms with van der Waals surface area (Å²) >= 11 is 6.13. The highest BCUT2D eigenvalue weighted by Gasteiger charge is 2.14. The van der Waals surface area contributed by atoms with Gasteiger partial charge in [0, 0.05) is 17.5 Å². The van der Waals surface area contributed by atoms with Gasteiger partial charge in [-0.25, -0.2) is 0 Å². The summed E-state index contributed by atoms with van der Waals surface area (Å²) < 4.78 is 1.48. The number of nitro groups is 1. The maximum Gasteiger partial charge on any atom is 0.270 e. The maximum atomic E-state index is 12.7. The first-order valence-electron chi connectivity index (χ1n) is 6.46. The minimum Gasteiger partial charge on any atom is -0.341 e. The van der Waals surface area contributed by atoms with Crippen LogP contribution in [-0.4, -0.2) is 14.3 Å². The van der Waals surface area contributed by atoms with Crippen LogP contribution in [0.25, 0.3) is 27.5 Å². The van der Waals surface area contributed by atoms with Crippen LogP contribution >= 0.6 is 11.6 Å². The van der Waals surface area contributed by atoms with E-state index < -0.39 is 4.92 Å². The lowest BCUT2D eigenvalue weighted by Crippen LogP contribution is -2.14. The zero-order valence-corrected chi connectivity index (χ0v) is 11.8. The molecule has 0 saturated heterocycles. The number of nitrogens with zero attached hydrogens (tertiary/aromatic N) is 2. The van der Waals surface area contributed by atoms with Crippen molar-refractivity contribution >= 4 is 44.7 Å². The molecule has 0 atom stereocenters. The second-order valence-corrected chi connectivity index (χ2v) is 5.36. The van der Waals surface area contributed by atoms with E-state index in [1.165, 1.54) is 16.5 Å². The first-order valence-corrected chi connectivity index (χ1v) is 6.84. The molecule has 0 fully saturated rings. The highest BCUT2D eigenvalue weighted by molar-refractivity contribution is 6.35. The minimum absolute atomic E-state index is 0.0153. The molecule has 0 aliphatic heterocycles. The smallest absolute Gasteiger partial charge is 0.270 e. The molecule has 0 aliphatic carbocycles. The average molecular weight is 314 g/mol. The number of rotatable bonds is 1. The third kappa shape index (κ3) is 1.64. The molecule has 7 heteroatoms. The molecule has 0 spiro atoms. The molecule has 0 aliphatic rings. The summed E-state index contributed by atoms with van der Waals surface area (Å²) in [6, 6.07) is 11.3. The number of halogens is 1. The van der Waals surface area contributed by atoms with Gasteiger partial charge < -0.3 is 4.98 Å². The van der Waals surface area contributed by atoms with Gasteiger partial charge in [0.2, 0.25) is 0 Å². The summed E-state index contributed by atoms with van der Waals surface area (Å²) in [6.45, 7) is 0. The molecular weight excluding hydrogens is 306 g/mol. The van der Waals surface area contributed by atoms with E-state index in [-0.39, 0.29) is 11.2 Å². The van der Waals surface area contributed by atoms with Gasteiger partial charge in [0.25, 0.3) is 11.2 Å². The fourth-order valence-electron chi connectivity index (χ4n) is 2.72. The van der Waals surface area contributed by atoms with Crippen LogP contribution in [0.2, 0.25) is 5.02 Å². The maximum absolute atomic E-state index is 12.7. The van der Waals surface area contributed by atoms with Crippen LogP contribution in [-0.2, 0) is 0 Å². The van der Waals surface area contributed by atoms with Gasteiger partial charge in [0.1, 0.15) is 5.65 Å². The molecule has 0 radical (unpaired) electrons. The van der Waals surface area contributed by atoms with Crippen molar-refractivity contribution < 1.29 is 4.92 Å². The third-order valence-electron chi connectivity index (χ3n) is 3.69. The Labute approximate surface area is 127 Å². The molecule has 0 bridgehead atoms. The van der Waals surface area contributed by atoms with Crippen LogP contribution in [0.1, 0.15) is 0 Å². The Balaban J connectivity index is 2.23. The fourth-order valence-corrected chi connectivity index (χ4v) is 2.98. The SMILES string of the molecule is O=c1c2c(Cl)cccc2[nH]c2cc3cc([N+](=O)[O-])ccc3n12. The van der Waals surface area contributed by atoms with Gasteiger partial charge in [0.05, 0.1) is 26.4 Å². The molecule has 0 saturated carbocycles. The van der Waals surface area contributed by atoms with E-state index in [1.54, 1.807) is 30.3 Å². The zero-order chi connectivity index (χ0) is 15.4.